The Morgan fingerprint density at radius 1 is 1.44 bits per heavy atom. The van der Waals surface area contributed by atoms with Crippen LogP contribution < -0.4 is 5.32 Å². The minimum absolute atomic E-state index is 0. The summed E-state index contributed by atoms with van der Waals surface area (Å²) in [6.07, 6.45) is 4.05. The van der Waals surface area contributed by atoms with E-state index in [2.05, 4.69) is 19.2 Å². The molecule has 1 N–H and O–H groups in total. The molecule has 2 unspecified atom stereocenters. The first-order chi connectivity index (χ1) is 4.38. The topological polar surface area (TPSA) is 12.0 Å². The first kappa shape index (κ1) is 7.07. The highest BCUT2D eigenvalue weighted by Gasteiger charge is 2.22. The molecule has 0 spiro atoms. The van der Waals surface area contributed by atoms with Gasteiger partial charge in [-0.3, -0.25) is 0 Å². The van der Waals surface area contributed by atoms with Crippen LogP contribution in [0.4, 0.5) is 0 Å². The van der Waals surface area contributed by atoms with E-state index in [0.717, 1.165) is 12.0 Å². The Morgan fingerprint density at radius 2 is 2.22 bits per heavy atom. The third kappa shape index (κ3) is 1.45. The summed E-state index contributed by atoms with van der Waals surface area (Å²) in [6.45, 7) is 5.81. The molecule has 0 saturated carbocycles. The summed E-state index contributed by atoms with van der Waals surface area (Å²) >= 11 is 0. The number of hydrogen-bond acceptors (Lipinski definition) is 1. The van der Waals surface area contributed by atoms with E-state index in [4.69, 9.17) is 0 Å². The summed E-state index contributed by atoms with van der Waals surface area (Å²) in [4.78, 5) is 0. The molecule has 0 radical (unpaired) electrons. The third-order valence-corrected chi connectivity index (χ3v) is 2.45. The van der Waals surface area contributed by atoms with Crippen molar-refractivity contribution < 1.29 is 1.43 Å². The molecule has 1 aliphatic heterocycles. The van der Waals surface area contributed by atoms with Gasteiger partial charge >= 0.3 is 0 Å². The summed E-state index contributed by atoms with van der Waals surface area (Å²) in [5, 5.41) is 3.51. The van der Waals surface area contributed by atoms with Crippen LogP contribution in [-0.2, 0) is 0 Å². The van der Waals surface area contributed by atoms with Crippen molar-refractivity contribution in [2.45, 2.75) is 39.2 Å². The van der Waals surface area contributed by atoms with E-state index in [1.807, 2.05) is 0 Å². The van der Waals surface area contributed by atoms with Crippen LogP contribution in [0.2, 0.25) is 0 Å². The molecule has 2 atom stereocenters. The lowest BCUT2D eigenvalue weighted by Crippen LogP contribution is -2.25. The van der Waals surface area contributed by atoms with E-state index in [1.54, 1.807) is 0 Å². The smallest absolute Gasteiger partial charge is 0.00930 e. The molecule has 0 aliphatic carbocycles. The van der Waals surface area contributed by atoms with E-state index in [1.165, 1.54) is 25.8 Å². The average molecular weight is 129 g/mol. The number of rotatable bonds is 2. The lowest BCUT2D eigenvalue weighted by atomic mass is 9.96. The van der Waals surface area contributed by atoms with Gasteiger partial charge in [-0.1, -0.05) is 20.3 Å². The van der Waals surface area contributed by atoms with E-state index in [0.29, 0.717) is 0 Å². The molecule has 0 amide bonds. The third-order valence-electron chi connectivity index (χ3n) is 2.45. The van der Waals surface area contributed by atoms with Crippen molar-refractivity contribution in [3.05, 3.63) is 0 Å². The lowest BCUT2D eigenvalue weighted by Gasteiger charge is -2.14. The van der Waals surface area contributed by atoms with Crippen LogP contribution in [0.3, 0.4) is 0 Å². The van der Waals surface area contributed by atoms with Crippen molar-refractivity contribution in [3.8, 4) is 0 Å². The molecule has 1 heteroatoms. The first-order valence-corrected chi connectivity index (χ1v) is 4.11. The molecule has 9 heavy (non-hydrogen) atoms. The second kappa shape index (κ2) is 3.21. The zero-order valence-electron chi connectivity index (χ0n) is 6.48. The van der Waals surface area contributed by atoms with Gasteiger partial charge in [0, 0.05) is 7.47 Å². The molecule has 1 nitrogen and oxygen atoms in total. The van der Waals surface area contributed by atoms with Gasteiger partial charge in [-0.2, -0.15) is 0 Å². The molecule has 1 fully saturated rings. The van der Waals surface area contributed by atoms with Crippen LogP contribution in [0, 0.1) is 5.92 Å². The van der Waals surface area contributed by atoms with Gasteiger partial charge in [0.25, 0.3) is 0 Å². The van der Waals surface area contributed by atoms with Crippen molar-refractivity contribution in [3.63, 3.8) is 0 Å². The quantitative estimate of drug-likeness (QED) is 0.601. The molecule has 0 aromatic carbocycles. The van der Waals surface area contributed by atoms with E-state index in [9.17, 15) is 0 Å². The highest BCUT2D eigenvalue weighted by Crippen LogP contribution is 2.20. The molecule has 0 bridgehead atoms. The number of hydrogen-bond donors (Lipinski definition) is 1. The summed E-state index contributed by atoms with van der Waals surface area (Å²) in [7, 11) is 0. The van der Waals surface area contributed by atoms with Crippen LogP contribution in [0.5, 0.6) is 0 Å². The van der Waals surface area contributed by atoms with Crippen molar-refractivity contribution in [1.29, 1.82) is 0 Å². The molecule has 1 aliphatic rings. The minimum Gasteiger partial charge on any atom is -0.314 e. The second-order valence-electron chi connectivity index (χ2n) is 2.93. The molecule has 1 heterocycles. The highest BCUT2D eigenvalue weighted by atomic mass is 14.9. The van der Waals surface area contributed by atoms with Crippen molar-refractivity contribution in [2.24, 2.45) is 5.92 Å². The summed E-state index contributed by atoms with van der Waals surface area (Å²) < 4.78 is 0. The Bertz CT molecular complexity index is 75.3. The van der Waals surface area contributed by atoms with Crippen LogP contribution >= 0.6 is 0 Å². The molecule has 1 rings (SSSR count). The van der Waals surface area contributed by atoms with Gasteiger partial charge in [0.05, 0.1) is 0 Å². The van der Waals surface area contributed by atoms with Crippen molar-refractivity contribution in [2.75, 3.05) is 6.54 Å². The Kier molecular flexibility index (Phi) is 2.52. The fourth-order valence-electron chi connectivity index (χ4n) is 1.79. The molecule has 1 saturated heterocycles. The largest absolute Gasteiger partial charge is 0.314 e. The van der Waals surface area contributed by atoms with E-state index >= 15 is 0 Å². The Labute approximate surface area is 59.3 Å². The van der Waals surface area contributed by atoms with Gasteiger partial charge in [-0.25, -0.2) is 0 Å². The van der Waals surface area contributed by atoms with Gasteiger partial charge < -0.3 is 5.32 Å². The SMILES string of the molecule is CCC1CCNC1CC.[HH]. The van der Waals surface area contributed by atoms with Crippen LogP contribution in [-0.4, -0.2) is 12.6 Å². The van der Waals surface area contributed by atoms with E-state index < -0.39 is 0 Å². The Hall–Kier alpha value is -0.0400. The predicted molar refractivity (Wildman–Crippen MR) is 42.6 cm³/mol. The Morgan fingerprint density at radius 3 is 2.67 bits per heavy atom. The summed E-state index contributed by atoms with van der Waals surface area (Å²) in [5.41, 5.74) is 0. The zero-order chi connectivity index (χ0) is 6.69. The molecule has 0 aromatic rings. The number of nitrogens with one attached hydrogen (secondary N) is 1. The first-order valence-electron chi connectivity index (χ1n) is 4.11. The zero-order valence-corrected chi connectivity index (χ0v) is 6.48. The molecule has 0 aromatic heterocycles. The summed E-state index contributed by atoms with van der Waals surface area (Å²) in [5.74, 6) is 0.968. The van der Waals surface area contributed by atoms with E-state index in [-0.39, 0.29) is 1.43 Å². The Balaban J connectivity index is 0.000000810. The monoisotopic (exact) mass is 129 g/mol. The predicted octanol–water partition coefficient (Wildman–Crippen LogP) is 2.03. The minimum atomic E-state index is 0. The maximum atomic E-state index is 3.51. The van der Waals surface area contributed by atoms with Crippen LogP contribution in [0.1, 0.15) is 34.5 Å². The summed E-state index contributed by atoms with van der Waals surface area (Å²) in [6, 6.07) is 0.829. The fourth-order valence-corrected chi connectivity index (χ4v) is 1.79. The maximum absolute atomic E-state index is 3.51. The highest BCUT2D eigenvalue weighted by molar-refractivity contribution is 4.81. The normalized spacial score (nSPS) is 35.3. The van der Waals surface area contributed by atoms with Gasteiger partial charge in [0.15, 0.2) is 0 Å². The second-order valence-corrected chi connectivity index (χ2v) is 2.93. The van der Waals surface area contributed by atoms with Crippen LogP contribution in [0.25, 0.3) is 0 Å². The average Bonchev–Trinajstić information content (AvgIpc) is 2.33. The van der Waals surface area contributed by atoms with Gasteiger partial charge in [0.2, 0.25) is 0 Å². The van der Waals surface area contributed by atoms with Gasteiger partial charge in [0.1, 0.15) is 0 Å². The van der Waals surface area contributed by atoms with Crippen molar-refractivity contribution >= 4 is 0 Å². The van der Waals surface area contributed by atoms with Gasteiger partial charge in [-0.15, -0.1) is 0 Å². The van der Waals surface area contributed by atoms with Crippen LogP contribution in [0.15, 0.2) is 0 Å². The standard InChI is InChI=1S/C8H17N.H2/c1-3-7-5-6-9-8(7)4-2;/h7-9H,3-6H2,1-2H3;1H. The molecular weight excluding hydrogens is 110 g/mol. The fraction of sp³-hybridized carbons (Fsp3) is 1.00. The molecular formula is C8H19N. The van der Waals surface area contributed by atoms with Crippen molar-refractivity contribution in [1.82, 2.24) is 5.32 Å². The maximum Gasteiger partial charge on any atom is 0.00930 e. The lowest BCUT2D eigenvalue weighted by molar-refractivity contribution is 0.425. The molecule has 56 valence electrons. The van der Waals surface area contributed by atoms with Gasteiger partial charge in [-0.05, 0) is 25.3 Å².